The number of ether oxygens (including phenoxy) is 1. The zero-order valence-corrected chi connectivity index (χ0v) is 18.7. The molecule has 0 saturated carbocycles. The predicted molar refractivity (Wildman–Crippen MR) is 127 cm³/mol. The molecule has 1 amide bonds. The second-order valence-corrected chi connectivity index (χ2v) is 8.10. The van der Waals surface area contributed by atoms with Crippen molar-refractivity contribution in [1.29, 1.82) is 0 Å². The van der Waals surface area contributed by atoms with E-state index >= 15 is 0 Å². The van der Waals surface area contributed by atoms with Crippen LogP contribution in [-0.4, -0.2) is 42.0 Å². The molecule has 1 heterocycles. The van der Waals surface area contributed by atoms with E-state index in [0.29, 0.717) is 12.2 Å². The van der Waals surface area contributed by atoms with Gasteiger partial charge in [-0.1, -0.05) is 36.5 Å². The number of aliphatic imine (C=N–C) groups is 1. The molecule has 3 rings (SSSR count). The van der Waals surface area contributed by atoms with E-state index in [0.717, 1.165) is 16.1 Å². The number of nitrogens with one attached hydrogen (secondary N) is 1. The van der Waals surface area contributed by atoms with Gasteiger partial charge in [-0.15, -0.1) is 0 Å². The first-order valence-corrected chi connectivity index (χ1v) is 11.0. The van der Waals surface area contributed by atoms with Gasteiger partial charge in [0.2, 0.25) is 16.2 Å². The molecule has 0 fully saturated rings. The summed E-state index contributed by atoms with van der Waals surface area (Å²) in [7, 11) is -1.23. The third-order valence-electron chi connectivity index (χ3n) is 4.49. The van der Waals surface area contributed by atoms with Gasteiger partial charge in [0.25, 0.3) is 0 Å². The molecule has 8 nitrogen and oxygen atoms in total. The Balaban J connectivity index is 1.70. The Labute approximate surface area is 192 Å². The zero-order valence-electron chi connectivity index (χ0n) is 17.1. The maximum atomic E-state index is 12.3. The minimum Gasteiger partial charge on any atom is -0.457 e. The van der Waals surface area contributed by atoms with E-state index in [-0.39, 0.29) is 16.6 Å². The van der Waals surface area contributed by atoms with E-state index in [1.165, 1.54) is 25.3 Å². The highest BCUT2D eigenvalue weighted by atomic mass is 32.2. The highest BCUT2D eigenvalue weighted by Crippen LogP contribution is 2.21. The lowest BCUT2D eigenvalue weighted by Crippen LogP contribution is -2.42. The van der Waals surface area contributed by atoms with Crippen LogP contribution in [0.5, 0.6) is 5.75 Å². The Morgan fingerprint density at radius 2 is 2.00 bits per heavy atom. The number of thiocarbonyl (C=S) groups is 1. The number of rotatable bonds is 6. The SMILES string of the molecule is CN=C(N)NC(=O)C1C=CC(Oc2ccc(C(=S)Cc3ccccn3)cc2)=CC1=S(=O)=O. The van der Waals surface area contributed by atoms with Crippen molar-refractivity contribution >= 4 is 44.1 Å². The molecular formula is C22H20N4O4S2. The summed E-state index contributed by atoms with van der Waals surface area (Å²) in [6.45, 7) is 0. The molecule has 32 heavy (non-hydrogen) atoms. The summed E-state index contributed by atoms with van der Waals surface area (Å²) in [5.41, 5.74) is 7.24. The number of pyridine rings is 1. The molecule has 1 aliphatic carbocycles. The summed E-state index contributed by atoms with van der Waals surface area (Å²) in [6, 6.07) is 12.8. The van der Waals surface area contributed by atoms with Gasteiger partial charge in [-0.3, -0.25) is 20.1 Å². The van der Waals surface area contributed by atoms with Crippen LogP contribution >= 0.6 is 12.2 Å². The maximum absolute atomic E-state index is 12.3. The fraction of sp³-hybridized carbons (Fsp3) is 0.136. The molecule has 10 heteroatoms. The third-order valence-corrected chi connectivity index (χ3v) is 5.63. The molecule has 0 aliphatic heterocycles. The molecule has 164 valence electrons. The van der Waals surface area contributed by atoms with Crippen molar-refractivity contribution in [2.24, 2.45) is 16.6 Å². The highest BCUT2D eigenvalue weighted by Gasteiger charge is 2.26. The van der Waals surface area contributed by atoms with E-state index in [1.54, 1.807) is 18.3 Å². The van der Waals surface area contributed by atoms with Gasteiger partial charge < -0.3 is 10.5 Å². The number of allylic oxidation sites excluding steroid dienone is 2. The fourth-order valence-corrected chi connectivity index (χ4v) is 3.76. The van der Waals surface area contributed by atoms with Crippen molar-refractivity contribution in [2.75, 3.05) is 7.05 Å². The molecule has 0 saturated heterocycles. The summed E-state index contributed by atoms with van der Waals surface area (Å²) in [4.78, 5) is 20.8. The van der Waals surface area contributed by atoms with E-state index in [9.17, 15) is 13.2 Å². The smallest absolute Gasteiger partial charge is 0.239 e. The number of carbonyl (C=O) groups excluding carboxylic acids is 1. The summed E-state index contributed by atoms with van der Waals surface area (Å²) >= 11 is 5.50. The average molecular weight is 469 g/mol. The lowest BCUT2D eigenvalue weighted by atomic mass is 9.99. The number of carbonyl (C=O) groups is 1. The normalized spacial score (nSPS) is 15.7. The van der Waals surface area contributed by atoms with Crippen LogP contribution in [0.1, 0.15) is 11.3 Å². The number of guanidine groups is 1. The first-order valence-electron chi connectivity index (χ1n) is 9.47. The van der Waals surface area contributed by atoms with Gasteiger partial charge in [0, 0.05) is 36.3 Å². The molecule has 2 aromatic rings. The molecule has 0 bridgehead atoms. The summed E-state index contributed by atoms with van der Waals surface area (Å²) in [6.07, 6.45) is 6.52. The van der Waals surface area contributed by atoms with E-state index in [2.05, 4.69) is 15.3 Å². The van der Waals surface area contributed by atoms with Crippen LogP contribution in [0.3, 0.4) is 0 Å². The average Bonchev–Trinajstić information content (AvgIpc) is 2.80. The number of hydrogen-bond acceptors (Lipinski definition) is 7. The van der Waals surface area contributed by atoms with Crippen LogP contribution in [0.15, 0.2) is 77.6 Å². The Morgan fingerprint density at radius 3 is 2.62 bits per heavy atom. The van der Waals surface area contributed by atoms with Gasteiger partial charge in [-0.2, -0.15) is 8.42 Å². The Hall–Kier alpha value is -3.63. The summed E-state index contributed by atoms with van der Waals surface area (Å²) in [5, 5.41) is 2.34. The Bertz CT molecular complexity index is 1240. The third kappa shape index (κ3) is 5.96. The predicted octanol–water partition coefficient (Wildman–Crippen LogP) is 1.60. The number of aromatic nitrogens is 1. The molecular weight excluding hydrogens is 448 g/mol. The van der Waals surface area contributed by atoms with Gasteiger partial charge in [0.15, 0.2) is 5.96 Å². The molecule has 1 aromatic carbocycles. The monoisotopic (exact) mass is 468 g/mol. The van der Waals surface area contributed by atoms with Crippen molar-refractivity contribution in [3.63, 3.8) is 0 Å². The zero-order chi connectivity index (χ0) is 23.1. The topological polar surface area (TPSA) is 124 Å². The van der Waals surface area contributed by atoms with Crippen LogP contribution < -0.4 is 15.8 Å². The molecule has 0 spiro atoms. The minimum absolute atomic E-state index is 0.105. The molecule has 3 N–H and O–H groups in total. The number of nitrogens with two attached hydrogens (primary N) is 1. The number of hydrogen-bond donors (Lipinski definition) is 2. The van der Waals surface area contributed by atoms with Gasteiger partial charge in [0.05, 0.1) is 10.8 Å². The van der Waals surface area contributed by atoms with Gasteiger partial charge in [-0.05, 0) is 35.9 Å². The van der Waals surface area contributed by atoms with E-state index in [4.69, 9.17) is 22.7 Å². The number of benzene rings is 1. The maximum Gasteiger partial charge on any atom is 0.239 e. The van der Waals surface area contributed by atoms with Crippen LogP contribution in [0.4, 0.5) is 0 Å². The number of nitrogens with zero attached hydrogens (tertiary/aromatic N) is 2. The molecule has 1 aromatic heterocycles. The molecule has 0 radical (unpaired) electrons. The standard InChI is InChI=1S/C22H20N4O4S2/c1-24-22(23)26-21(27)18-10-9-17(13-20(18)32(28)29)30-16-7-5-14(6-8-16)19(31)12-15-4-2-3-11-25-15/h2-11,13,18H,12H2,1H3,(H3,23,24,26,27). The molecule has 1 unspecified atom stereocenters. The Morgan fingerprint density at radius 1 is 1.25 bits per heavy atom. The minimum atomic E-state index is -2.63. The van der Waals surface area contributed by atoms with Gasteiger partial charge in [0.1, 0.15) is 11.5 Å². The van der Waals surface area contributed by atoms with Crippen molar-refractivity contribution < 1.29 is 17.9 Å². The molecule has 1 atom stereocenters. The van der Waals surface area contributed by atoms with Crippen LogP contribution in [0.2, 0.25) is 0 Å². The van der Waals surface area contributed by atoms with Crippen LogP contribution in [-0.2, 0) is 21.5 Å². The van der Waals surface area contributed by atoms with E-state index in [1.807, 2.05) is 30.3 Å². The van der Waals surface area contributed by atoms with Gasteiger partial charge in [-0.25, -0.2) is 0 Å². The van der Waals surface area contributed by atoms with E-state index < -0.39 is 22.1 Å². The fourth-order valence-electron chi connectivity index (χ4n) is 2.87. The number of amides is 1. The summed E-state index contributed by atoms with van der Waals surface area (Å²) < 4.78 is 29.1. The quantitative estimate of drug-likeness (QED) is 0.286. The van der Waals surface area contributed by atoms with Crippen LogP contribution in [0, 0.1) is 5.92 Å². The second kappa shape index (κ2) is 10.6. The van der Waals surface area contributed by atoms with Crippen LogP contribution in [0.25, 0.3) is 0 Å². The molecule has 1 aliphatic rings. The van der Waals surface area contributed by atoms with Crippen molar-refractivity contribution in [2.45, 2.75) is 6.42 Å². The largest absolute Gasteiger partial charge is 0.457 e. The first-order chi connectivity index (χ1) is 15.4. The lowest BCUT2D eigenvalue weighted by Gasteiger charge is -2.17. The second-order valence-electron chi connectivity index (χ2n) is 6.67. The first kappa shape index (κ1) is 23.0. The lowest BCUT2D eigenvalue weighted by molar-refractivity contribution is -0.120. The van der Waals surface area contributed by atoms with Crippen molar-refractivity contribution in [1.82, 2.24) is 10.3 Å². The van der Waals surface area contributed by atoms with Crippen molar-refractivity contribution in [3.8, 4) is 5.75 Å². The van der Waals surface area contributed by atoms with Crippen molar-refractivity contribution in [3.05, 3.63) is 83.9 Å². The highest BCUT2D eigenvalue weighted by molar-refractivity contribution is 7.80. The van der Waals surface area contributed by atoms with Gasteiger partial charge >= 0.3 is 0 Å². The Kier molecular flexibility index (Phi) is 7.63. The summed E-state index contributed by atoms with van der Waals surface area (Å²) in [5.74, 6) is -0.982.